The molecule has 0 spiro atoms. The number of rotatable bonds is 8. The van der Waals surface area contributed by atoms with Crippen LogP contribution in [0.1, 0.15) is 33.9 Å². The van der Waals surface area contributed by atoms with Crippen molar-refractivity contribution < 1.29 is 41.7 Å². The number of pyridine rings is 2. The van der Waals surface area contributed by atoms with Gasteiger partial charge in [0, 0.05) is 44.3 Å². The van der Waals surface area contributed by atoms with E-state index in [1.165, 1.54) is 30.1 Å². The van der Waals surface area contributed by atoms with Gasteiger partial charge in [-0.15, -0.1) is 0 Å². The molecule has 254 valence electrons. The van der Waals surface area contributed by atoms with E-state index in [-0.39, 0.29) is 54.0 Å². The van der Waals surface area contributed by atoms with Crippen LogP contribution in [0.5, 0.6) is 11.5 Å². The molecule has 0 bridgehead atoms. The van der Waals surface area contributed by atoms with Crippen LogP contribution in [0.25, 0.3) is 21.8 Å². The van der Waals surface area contributed by atoms with Crippen LogP contribution in [0.15, 0.2) is 77.9 Å². The van der Waals surface area contributed by atoms with Gasteiger partial charge in [0.2, 0.25) is 11.3 Å². The monoisotopic (exact) mass is 678 g/mol. The molecule has 1 saturated heterocycles. The molecule has 14 heteroatoms. The molecule has 3 aromatic carbocycles. The van der Waals surface area contributed by atoms with Crippen molar-refractivity contribution in [2.75, 3.05) is 31.6 Å². The number of aryl methyl sites for hydroxylation is 1. The van der Waals surface area contributed by atoms with Gasteiger partial charge in [0.05, 0.1) is 41.5 Å². The minimum absolute atomic E-state index is 0.00674. The number of aromatic carboxylic acids is 1. The highest BCUT2D eigenvalue weighted by atomic mass is 19.4. The average Bonchev–Trinajstić information content (AvgIpc) is 3.07. The molecule has 0 saturated carbocycles. The fraction of sp³-hybridized carbons (Fsp3) is 0.257. The molecule has 0 aliphatic carbocycles. The van der Waals surface area contributed by atoms with Crippen LogP contribution < -0.4 is 19.8 Å². The Balaban J connectivity index is 1.40. The summed E-state index contributed by atoms with van der Waals surface area (Å²) in [5.41, 5.74) is 0.521. The van der Waals surface area contributed by atoms with Crippen molar-refractivity contribution >= 4 is 39.4 Å². The molecular formula is C35H30F4N4O6. The summed E-state index contributed by atoms with van der Waals surface area (Å²) in [4.78, 5) is 45.1. The Labute approximate surface area is 276 Å². The Morgan fingerprint density at radius 1 is 1.04 bits per heavy atom. The third-order valence-electron chi connectivity index (χ3n) is 8.52. The lowest BCUT2D eigenvalue weighted by Gasteiger charge is -2.43. The second kappa shape index (κ2) is 13.1. The Hall–Kier alpha value is -5.66. The lowest BCUT2D eigenvalue weighted by atomic mass is 9.99. The van der Waals surface area contributed by atoms with Crippen molar-refractivity contribution in [3.63, 3.8) is 0 Å². The van der Waals surface area contributed by atoms with Gasteiger partial charge in [-0.05, 0) is 29.3 Å². The lowest BCUT2D eigenvalue weighted by Crippen LogP contribution is -2.51. The number of methoxy groups -OCH3 is 1. The van der Waals surface area contributed by atoms with Crippen LogP contribution in [-0.2, 0) is 18.4 Å². The minimum Gasteiger partial charge on any atom is -0.493 e. The number of hydrogen-bond donors (Lipinski definition) is 1. The van der Waals surface area contributed by atoms with E-state index < -0.39 is 47.3 Å². The van der Waals surface area contributed by atoms with Gasteiger partial charge < -0.3 is 28.9 Å². The van der Waals surface area contributed by atoms with Crippen molar-refractivity contribution in [3.8, 4) is 11.5 Å². The highest BCUT2D eigenvalue weighted by Crippen LogP contribution is 2.38. The minimum atomic E-state index is -4.74. The predicted molar refractivity (Wildman–Crippen MR) is 173 cm³/mol. The number of amides is 1. The average molecular weight is 679 g/mol. The Bertz CT molecular complexity index is 2140. The van der Waals surface area contributed by atoms with Crippen molar-refractivity contribution in [1.29, 1.82) is 0 Å². The zero-order valence-electron chi connectivity index (χ0n) is 26.3. The summed E-state index contributed by atoms with van der Waals surface area (Å²) < 4.78 is 68.8. The molecule has 2 aromatic heterocycles. The summed E-state index contributed by atoms with van der Waals surface area (Å²) in [5, 5.41) is 9.85. The van der Waals surface area contributed by atoms with Gasteiger partial charge in [-0.1, -0.05) is 36.4 Å². The van der Waals surface area contributed by atoms with Gasteiger partial charge in [-0.2, -0.15) is 13.2 Å². The fourth-order valence-corrected chi connectivity index (χ4v) is 6.15. The summed E-state index contributed by atoms with van der Waals surface area (Å²) in [5.74, 6) is -2.63. The van der Waals surface area contributed by atoms with E-state index in [2.05, 4.69) is 4.98 Å². The largest absolute Gasteiger partial charge is 0.493 e. The van der Waals surface area contributed by atoms with Gasteiger partial charge in [0.15, 0.2) is 11.5 Å². The summed E-state index contributed by atoms with van der Waals surface area (Å²) in [6.07, 6.45) is -3.88. The van der Waals surface area contributed by atoms with E-state index in [1.807, 2.05) is 30.3 Å². The molecule has 1 aliphatic rings. The van der Waals surface area contributed by atoms with E-state index >= 15 is 4.39 Å². The third kappa shape index (κ3) is 6.71. The summed E-state index contributed by atoms with van der Waals surface area (Å²) in [7, 11) is 2.97. The number of fused-ring (bicyclic) bond motifs is 3. The molecule has 5 aromatic rings. The Kier molecular flexibility index (Phi) is 8.88. The molecule has 0 radical (unpaired) electrons. The van der Waals surface area contributed by atoms with Crippen molar-refractivity contribution in [1.82, 2.24) is 14.5 Å². The third-order valence-corrected chi connectivity index (χ3v) is 8.52. The fourth-order valence-electron chi connectivity index (χ4n) is 6.15. The number of ether oxygens (including phenoxy) is 2. The first kappa shape index (κ1) is 33.2. The van der Waals surface area contributed by atoms with Crippen LogP contribution in [0.2, 0.25) is 0 Å². The number of benzene rings is 3. The molecule has 1 atom stereocenters. The van der Waals surface area contributed by atoms with E-state index in [0.717, 1.165) is 16.5 Å². The Morgan fingerprint density at radius 3 is 2.49 bits per heavy atom. The second-order valence-electron chi connectivity index (χ2n) is 11.7. The molecule has 3 heterocycles. The highest BCUT2D eigenvalue weighted by Gasteiger charge is 2.39. The molecule has 49 heavy (non-hydrogen) atoms. The highest BCUT2D eigenvalue weighted by molar-refractivity contribution is 6.07. The first-order chi connectivity index (χ1) is 23.3. The number of anilines is 1. The molecule has 1 aliphatic heterocycles. The number of hydrogen-bond acceptors (Lipinski definition) is 7. The predicted octanol–water partition coefficient (Wildman–Crippen LogP) is 5.85. The van der Waals surface area contributed by atoms with Gasteiger partial charge in [-0.25, -0.2) is 9.18 Å². The number of carbonyl (C=O) groups is 2. The molecular weight excluding hydrogens is 648 g/mol. The zero-order chi connectivity index (χ0) is 35.0. The zero-order valence-corrected chi connectivity index (χ0v) is 26.3. The summed E-state index contributed by atoms with van der Waals surface area (Å²) in [6.45, 7) is -0.0966. The number of nitrogens with zero attached hydrogens (tertiary/aromatic N) is 4. The van der Waals surface area contributed by atoms with Crippen LogP contribution in [0.3, 0.4) is 0 Å². The van der Waals surface area contributed by atoms with Gasteiger partial charge in [0.25, 0.3) is 0 Å². The number of piperazine rings is 1. The SMILES string of the molecule is COc1cc(C2CN(c3cc4c(cc3F)ncc3c4c(=O)c(C(=O)O)cn3C)CCN2C(=O)CC(F)(F)F)ccc1OCc1ccccc1. The molecule has 1 N–H and O–H groups in total. The van der Waals surface area contributed by atoms with Gasteiger partial charge in [-0.3, -0.25) is 14.6 Å². The number of aromatic nitrogens is 2. The maximum Gasteiger partial charge on any atom is 0.397 e. The Morgan fingerprint density at radius 2 is 1.80 bits per heavy atom. The van der Waals surface area contributed by atoms with E-state index in [1.54, 1.807) is 30.1 Å². The lowest BCUT2D eigenvalue weighted by molar-refractivity contribution is -0.163. The van der Waals surface area contributed by atoms with Crippen LogP contribution in [-0.4, -0.2) is 64.4 Å². The van der Waals surface area contributed by atoms with E-state index in [9.17, 15) is 32.7 Å². The topological polar surface area (TPSA) is 114 Å². The number of carbonyl (C=O) groups excluding carboxylic acids is 1. The quantitative estimate of drug-likeness (QED) is 0.161. The number of carboxylic acid groups (broad SMARTS) is 1. The van der Waals surface area contributed by atoms with E-state index in [0.29, 0.717) is 16.8 Å². The first-order valence-corrected chi connectivity index (χ1v) is 15.2. The number of halogens is 4. The van der Waals surface area contributed by atoms with E-state index in [4.69, 9.17) is 9.47 Å². The molecule has 6 rings (SSSR count). The maximum atomic E-state index is 15.8. The normalized spacial score (nSPS) is 15.1. The maximum absolute atomic E-state index is 15.8. The standard InChI is InChI=1S/C35H30F4N4O6/c1-41-17-23(34(46)47)33(45)32-22-13-26(24(36)14-25(22)40-16-27(32)41)42-10-11-43(31(44)15-35(37,38)39)28(18-42)21-8-9-29(30(12-21)48-2)49-19-20-6-4-3-5-7-20/h3-9,12-14,16-17,28H,10-11,15,18-19H2,1-2H3,(H,46,47). The number of alkyl halides is 3. The number of carboxylic acids is 1. The van der Waals surface area contributed by atoms with Gasteiger partial charge in [0.1, 0.15) is 24.4 Å². The molecule has 1 unspecified atom stereocenters. The second-order valence-corrected chi connectivity index (χ2v) is 11.7. The molecule has 10 nitrogen and oxygen atoms in total. The van der Waals surface area contributed by atoms with Crippen molar-refractivity contribution in [2.45, 2.75) is 25.2 Å². The smallest absolute Gasteiger partial charge is 0.397 e. The van der Waals surface area contributed by atoms with Gasteiger partial charge >= 0.3 is 12.1 Å². The first-order valence-electron chi connectivity index (χ1n) is 15.2. The van der Waals surface area contributed by atoms with Crippen molar-refractivity contribution in [3.05, 3.63) is 106 Å². The summed E-state index contributed by atoms with van der Waals surface area (Å²) >= 11 is 0. The van der Waals surface area contributed by atoms with Crippen LogP contribution in [0, 0.1) is 5.82 Å². The van der Waals surface area contributed by atoms with Crippen LogP contribution >= 0.6 is 0 Å². The van der Waals surface area contributed by atoms with Crippen LogP contribution in [0.4, 0.5) is 23.2 Å². The summed E-state index contributed by atoms with van der Waals surface area (Å²) in [6, 6.07) is 15.7. The molecule has 1 fully saturated rings. The van der Waals surface area contributed by atoms with Crippen molar-refractivity contribution in [2.24, 2.45) is 7.05 Å². The molecule has 1 amide bonds.